The van der Waals surface area contributed by atoms with Crippen LogP contribution in [0.4, 0.5) is 0 Å². The molecule has 0 bridgehead atoms. The van der Waals surface area contributed by atoms with Crippen molar-refractivity contribution in [1.82, 2.24) is 4.98 Å². The van der Waals surface area contributed by atoms with Gasteiger partial charge >= 0.3 is 0 Å². The summed E-state index contributed by atoms with van der Waals surface area (Å²) in [5.41, 5.74) is 4.61. The van der Waals surface area contributed by atoms with Crippen molar-refractivity contribution in [3.8, 4) is 17.0 Å². The summed E-state index contributed by atoms with van der Waals surface area (Å²) in [6.07, 6.45) is 4.19. The first kappa shape index (κ1) is 16.6. The van der Waals surface area contributed by atoms with E-state index in [0.29, 0.717) is 0 Å². The zero-order valence-electron chi connectivity index (χ0n) is 14.8. The van der Waals surface area contributed by atoms with E-state index in [1.807, 2.05) is 6.07 Å². The van der Waals surface area contributed by atoms with Crippen LogP contribution in [0.15, 0.2) is 66.0 Å². The third kappa shape index (κ3) is 3.53. The van der Waals surface area contributed by atoms with E-state index in [2.05, 4.69) is 79.1 Å². The van der Waals surface area contributed by atoms with Crippen LogP contribution in [0.5, 0.6) is 5.75 Å². The molecule has 0 saturated carbocycles. The maximum absolute atomic E-state index is 5.28. The fourth-order valence-electron chi connectivity index (χ4n) is 2.86. The Labute approximate surface area is 157 Å². The molecule has 3 heteroatoms. The molecule has 4 rings (SSSR count). The largest absolute Gasteiger partial charge is 0.497 e. The van der Waals surface area contributed by atoms with Crippen molar-refractivity contribution in [1.29, 1.82) is 0 Å². The molecule has 0 unspecified atom stereocenters. The van der Waals surface area contributed by atoms with Crippen molar-refractivity contribution >= 4 is 34.3 Å². The molecule has 1 aromatic heterocycles. The zero-order chi connectivity index (χ0) is 17.9. The quantitative estimate of drug-likeness (QED) is 0.419. The van der Waals surface area contributed by atoms with Gasteiger partial charge in [0.15, 0.2) is 0 Å². The number of benzene rings is 3. The topological polar surface area (TPSA) is 22.1 Å². The Morgan fingerprint density at radius 3 is 2.46 bits per heavy atom. The van der Waals surface area contributed by atoms with Gasteiger partial charge in [0.2, 0.25) is 0 Å². The van der Waals surface area contributed by atoms with Crippen LogP contribution < -0.4 is 4.74 Å². The highest BCUT2D eigenvalue weighted by Gasteiger charge is 2.03. The summed E-state index contributed by atoms with van der Waals surface area (Å²) in [5, 5.41) is 5.50. The number of thiazole rings is 1. The number of aryl methyl sites for hydroxylation is 1. The molecule has 0 amide bonds. The van der Waals surface area contributed by atoms with Crippen LogP contribution in [0, 0.1) is 6.92 Å². The van der Waals surface area contributed by atoms with Crippen LogP contribution in [0.2, 0.25) is 0 Å². The number of methoxy groups -OCH3 is 1. The van der Waals surface area contributed by atoms with Crippen molar-refractivity contribution in [2.24, 2.45) is 0 Å². The summed E-state index contributed by atoms with van der Waals surface area (Å²) in [6, 6.07) is 21.0. The predicted octanol–water partition coefficient (Wildman–Crippen LogP) is 6.45. The second-order valence-electron chi connectivity index (χ2n) is 6.24. The molecule has 0 aliphatic carbocycles. The first-order valence-electron chi connectivity index (χ1n) is 8.50. The fraction of sp³-hybridized carbons (Fsp3) is 0.0870. The smallest absolute Gasteiger partial charge is 0.119 e. The van der Waals surface area contributed by atoms with Crippen LogP contribution in [0.25, 0.3) is 34.2 Å². The van der Waals surface area contributed by atoms with Crippen LogP contribution in [-0.2, 0) is 0 Å². The van der Waals surface area contributed by atoms with Crippen LogP contribution in [0.1, 0.15) is 16.1 Å². The highest BCUT2D eigenvalue weighted by Crippen LogP contribution is 2.25. The number of nitrogens with zero attached hydrogens (tertiary/aromatic N) is 1. The van der Waals surface area contributed by atoms with Crippen molar-refractivity contribution in [3.05, 3.63) is 82.2 Å². The number of ether oxygens (including phenoxy) is 1. The zero-order valence-corrected chi connectivity index (χ0v) is 15.6. The lowest BCUT2D eigenvalue weighted by Gasteiger charge is -2.03. The van der Waals surface area contributed by atoms with Crippen LogP contribution in [-0.4, -0.2) is 12.1 Å². The Balaban J connectivity index is 1.56. The highest BCUT2D eigenvalue weighted by atomic mass is 32.1. The summed E-state index contributed by atoms with van der Waals surface area (Å²) in [4.78, 5) is 4.73. The van der Waals surface area contributed by atoms with Gasteiger partial charge in [0.25, 0.3) is 0 Å². The molecule has 0 saturated heterocycles. The van der Waals surface area contributed by atoms with Gasteiger partial charge in [0.1, 0.15) is 10.8 Å². The first-order chi connectivity index (χ1) is 12.7. The lowest BCUT2D eigenvalue weighted by atomic mass is 10.1. The Morgan fingerprint density at radius 1 is 0.885 bits per heavy atom. The standard InChI is InChI=1S/C23H19NOS/c1-16-3-7-18(8-4-16)22-15-26-23(24-22)12-6-17-5-9-20-14-21(25-2)11-10-19(20)13-17/h3-15H,1-2H3/b12-6+. The number of hydrogen-bond donors (Lipinski definition) is 0. The molecule has 0 spiro atoms. The minimum atomic E-state index is 0.882. The molecule has 2 nitrogen and oxygen atoms in total. The highest BCUT2D eigenvalue weighted by molar-refractivity contribution is 7.10. The molecular weight excluding hydrogens is 338 g/mol. The second kappa shape index (κ2) is 7.14. The van der Waals surface area contributed by atoms with Crippen molar-refractivity contribution in [2.45, 2.75) is 6.92 Å². The van der Waals surface area contributed by atoms with E-state index in [4.69, 9.17) is 9.72 Å². The number of aromatic nitrogens is 1. The predicted molar refractivity (Wildman–Crippen MR) is 112 cm³/mol. The second-order valence-corrected chi connectivity index (χ2v) is 7.13. The van der Waals surface area contributed by atoms with E-state index in [1.165, 1.54) is 16.3 Å². The van der Waals surface area contributed by atoms with Gasteiger partial charge in [-0.25, -0.2) is 4.98 Å². The molecule has 0 aliphatic heterocycles. The fourth-order valence-corrected chi connectivity index (χ4v) is 3.58. The third-order valence-electron chi connectivity index (χ3n) is 4.36. The molecular formula is C23H19NOS. The van der Waals surface area contributed by atoms with Gasteiger partial charge in [0.05, 0.1) is 12.8 Å². The third-order valence-corrected chi connectivity index (χ3v) is 5.17. The average molecular weight is 357 g/mol. The number of hydrogen-bond acceptors (Lipinski definition) is 3. The number of fused-ring (bicyclic) bond motifs is 1. The summed E-state index contributed by atoms with van der Waals surface area (Å²) < 4.78 is 5.28. The summed E-state index contributed by atoms with van der Waals surface area (Å²) in [7, 11) is 1.69. The molecule has 26 heavy (non-hydrogen) atoms. The van der Waals surface area contributed by atoms with Gasteiger partial charge in [-0.15, -0.1) is 11.3 Å². The maximum atomic E-state index is 5.28. The molecule has 0 atom stereocenters. The summed E-state index contributed by atoms with van der Waals surface area (Å²) >= 11 is 1.66. The van der Waals surface area contributed by atoms with E-state index >= 15 is 0 Å². The normalized spacial score (nSPS) is 11.3. The van der Waals surface area contributed by atoms with Crippen LogP contribution in [0.3, 0.4) is 0 Å². The molecule has 0 fully saturated rings. The Morgan fingerprint density at radius 2 is 1.65 bits per heavy atom. The van der Waals surface area contributed by atoms with E-state index < -0.39 is 0 Å². The maximum Gasteiger partial charge on any atom is 0.119 e. The molecule has 0 aliphatic rings. The van der Waals surface area contributed by atoms with E-state index in [1.54, 1.807) is 18.4 Å². The Bertz CT molecular complexity index is 1080. The van der Waals surface area contributed by atoms with Gasteiger partial charge in [-0.1, -0.05) is 54.1 Å². The molecule has 0 radical (unpaired) electrons. The van der Waals surface area contributed by atoms with Crippen LogP contribution >= 0.6 is 11.3 Å². The lowest BCUT2D eigenvalue weighted by Crippen LogP contribution is -1.82. The minimum absolute atomic E-state index is 0.882. The Kier molecular flexibility index (Phi) is 4.55. The summed E-state index contributed by atoms with van der Waals surface area (Å²) in [5.74, 6) is 0.882. The summed E-state index contributed by atoms with van der Waals surface area (Å²) in [6.45, 7) is 2.10. The van der Waals surface area contributed by atoms with Gasteiger partial charge in [-0.3, -0.25) is 0 Å². The van der Waals surface area contributed by atoms with Crippen molar-refractivity contribution in [3.63, 3.8) is 0 Å². The molecule has 3 aromatic carbocycles. The van der Waals surface area contributed by atoms with Gasteiger partial charge in [-0.05, 0) is 47.5 Å². The van der Waals surface area contributed by atoms with E-state index in [-0.39, 0.29) is 0 Å². The molecule has 0 N–H and O–H groups in total. The van der Waals surface area contributed by atoms with Gasteiger partial charge in [0, 0.05) is 10.9 Å². The monoisotopic (exact) mass is 357 g/mol. The SMILES string of the molecule is COc1ccc2cc(/C=C/c3nc(-c4ccc(C)cc4)cs3)ccc2c1. The first-order valence-corrected chi connectivity index (χ1v) is 9.38. The molecule has 128 valence electrons. The minimum Gasteiger partial charge on any atom is -0.497 e. The van der Waals surface area contributed by atoms with E-state index in [9.17, 15) is 0 Å². The van der Waals surface area contributed by atoms with E-state index in [0.717, 1.165) is 27.6 Å². The average Bonchev–Trinajstić information content (AvgIpc) is 3.15. The lowest BCUT2D eigenvalue weighted by molar-refractivity contribution is 0.415. The molecule has 4 aromatic rings. The Hall–Kier alpha value is -2.91. The van der Waals surface area contributed by atoms with Gasteiger partial charge < -0.3 is 4.74 Å². The molecule has 1 heterocycles. The van der Waals surface area contributed by atoms with Crippen molar-refractivity contribution in [2.75, 3.05) is 7.11 Å². The number of rotatable bonds is 4. The van der Waals surface area contributed by atoms with Gasteiger partial charge in [-0.2, -0.15) is 0 Å². The van der Waals surface area contributed by atoms with Crippen molar-refractivity contribution < 1.29 is 4.74 Å².